The Kier molecular flexibility index (Phi) is 3.32. The maximum absolute atomic E-state index is 11.2. The van der Waals surface area contributed by atoms with E-state index in [4.69, 9.17) is 0 Å². The first-order valence-corrected chi connectivity index (χ1v) is 4.02. The standard InChI is InChI=1S/C7H15N3O/c1-8-10-7(11)6-2-4-9-5-3-6/h6,8-9H,2-5H2,1H3,(H,10,11). The lowest BCUT2D eigenvalue weighted by atomic mass is 9.98. The largest absolute Gasteiger partial charge is 0.317 e. The third kappa shape index (κ3) is 2.48. The molecule has 0 radical (unpaired) electrons. The van der Waals surface area contributed by atoms with E-state index in [9.17, 15) is 4.79 Å². The Morgan fingerprint density at radius 1 is 1.45 bits per heavy atom. The Balaban J connectivity index is 2.27. The van der Waals surface area contributed by atoms with Crippen molar-refractivity contribution in [1.29, 1.82) is 0 Å². The molecule has 1 rings (SSSR count). The molecule has 0 atom stereocenters. The number of nitrogens with one attached hydrogen (secondary N) is 3. The first-order chi connectivity index (χ1) is 5.34. The van der Waals surface area contributed by atoms with Crippen LogP contribution >= 0.6 is 0 Å². The van der Waals surface area contributed by atoms with Gasteiger partial charge >= 0.3 is 0 Å². The van der Waals surface area contributed by atoms with Crippen LogP contribution in [0.25, 0.3) is 0 Å². The Bertz CT molecular complexity index is 132. The zero-order valence-electron chi connectivity index (χ0n) is 6.81. The summed E-state index contributed by atoms with van der Waals surface area (Å²) in [7, 11) is 1.71. The molecule has 0 saturated carbocycles. The van der Waals surface area contributed by atoms with Crippen LogP contribution in [0.15, 0.2) is 0 Å². The number of amides is 1. The molecule has 0 aromatic heterocycles. The quantitative estimate of drug-likeness (QED) is 0.462. The maximum Gasteiger partial charge on any atom is 0.237 e. The molecule has 0 aromatic carbocycles. The molecule has 4 heteroatoms. The Hall–Kier alpha value is -0.610. The van der Waals surface area contributed by atoms with Crippen molar-refractivity contribution < 1.29 is 4.79 Å². The fraction of sp³-hybridized carbons (Fsp3) is 0.857. The van der Waals surface area contributed by atoms with Crippen LogP contribution in [0.1, 0.15) is 12.8 Å². The highest BCUT2D eigenvalue weighted by Gasteiger charge is 2.19. The van der Waals surface area contributed by atoms with Gasteiger partial charge in [0, 0.05) is 13.0 Å². The van der Waals surface area contributed by atoms with Crippen LogP contribution in [0.2, 0.25) is 0 Å². The van der Waals surface area contributed by atoms with E-state index in [1.54, 1.807) is 7.05 Å². The number of hydrogen-bond donors (Lipinski definition) is 3. The molecule has 1 amide bonds. The van der Waals surface area contributed by atoms with Crippen LogP contribution in [0.5, 0.6) is 0 Å². The minimum Gasteiger partial charge on any atom is -0.317 e. The van der Waals surface area contributed by atoms with Crippen LogP contribution in [-0.4, -0.2) is 26.0 Å². The van der Waals surface area contributed by atoms with Gasteiger partial charge in [0.05, 0.1) is 0 Å². The number of carbonyl (C=O) groups is 1. The lowest BCUT2D eigenvalue weighted by Gasteiger charge is -2.21. The number of hydrogen-bond acceptors (Lipinski definition) is 3. The molecule has 0 bridgehead atoms. The molecule has 1 fully saturated rings. The molecule has 0 unspecified atom stereocenters. The van der Waals surface area contributed by atoms with E-state index in [-0.39, 0.29) is 11.8 Å². The fourth-order valence-corrected chi connectivity index (χ4v) is 1.31. The summed E-state index contributed by atoms with van der Waals surface area (Å²) in [5.74, 6) is 0.317. The zero-order chi connectivity index (χ0) is 8.10. The van der Waals surface area contributed by atoms with Gasteiger partial charge in [-0.25, -0.2) is 5.43 Å². The summed E-state index contributed by atoms with van der Waals surface area (Å²) in [4.78, 5) is 11.2. The van der Waals surface area contributed by atoms with Crippen molar-refractivity contribution in [3.63, 3.8) is 0 Å². The topological polar surface area (TPSA) is 53.2 Å². The van der Waals surface area contributed by atoms with Gasteiger partial charge in [-0.1, -0.05) is 0 Å². The van der Waals surface area contributed by atoms with E-state index in [1.165, 1.54) is 0 Å². The predicted octanol–water partition coefficient (Wildman–Crippen LogP) is -0.763. The highest BCUT2D eigenvalue weighted by atomic mass is 16.2. The first-order valence-electron chi connectivity index (χ1n) is 4.02. The summed E-state index contributed by atoms with van der Waals surface area (Å²) in [5.41, 5.74) is 5.24. The number of hydrazine groups is 1. The zero-order valence-corrected chi connectivity index (χ0v) is 6.81. The third-order valence-electron chi connectivity index (χ3n) is 1.96. The third-order valence-corrected chi connectivity index (χ3v) is 1.96. The molecule has 4 nitrogen and oxygen atoms in total. The summed E-state index contributed by atoms with van der Waals surface area (Å²) in [6.07, 6.45) is 1.90. The van der Waals surface area contributed by atoms with Gasteiger partial charge in [0.1, 0.15) is 0 Å². The van der Waals surface area contributed by atoms with E-state index >= 15 is 0 Å². The summed E-state index contributed by atoms with van der Waals surface area (Å²) in [6, 6.07) is 0. The second-order valence-electron chi connectivity index (χ2n) is 2.76. The van der Waals surface area contributed by atoms with E-state index in [2.05, 4.69) is 16.2 Å². The summed E-state index contributed by atoms with van der Waals surface area (Å²) >= 11 is 0. The molecule has 1 heterocycles. The van der Waals surface area contributed by atoms with Gasteiger partial charge in [-0.05, 0) is 25.9 Å². The average Bonchev–Trinajstić information content (AvgIpc) is 2.07. The highest BCUT2D eigenvalue weighted by molar-refractivity contribution is 5.78. The molecule has 1 saturated heterocycles. The minimum absolute atomic E-state index is 0.119. The second kappa shape index (κ2) is 4.31. The van der Waals surface area contributed by atoms with E-state index in [1.807, 2.05) is 0 Å². The Morgan fingerprint density at radius 2 is 2.09 bits per heavy atom. The SMILES string of the molecule is CNNC(=O)C1CCNCC1. The Labute approximate surface area is 66.7 Å². The number of rotatable bonds is 2. The molecule has 0 spiro atoms. The average molecular weight is 157 g/mol. The normalized spacial score (nSPS) is 19.7. The van der Waals surface area contributed by atoms with Gasteiger partial charge in [-0.2, -0.15) is 0 Å². The van der Waals surface area contributed by atoms with Crippen molar-refractivity contribution >= 4 is 5.91 Å². The van der Waals surface area contributed by atoms with E-state index in [0.717, 1.165) is 25.9 Å². The van der Waals surface area contributed by atoms with Crippen molar-refractivity contribution in [1.82, 2.24) is 16.2 Å². The molecule has 11 heavy (non-hydrogen) atoms. The summed E-state index contributed by atoms with van der Waals surface area (Å²) in [6.45, 7) is 1.92. The molecular weight excluding hydrogens is 142 g/mol. The van der Waals surface area contributed by atoms with Crippen molar-refractivity contribution in [3.8, 4) is 0 Å². The molecule has 0 aromatic rings. The van der Waals surface area contributed by atoms with Gasteiger partial charge in [-0.3, -0.25) is 10.2 Å². The van der Waals surface area contributed by atoms with Gasteiger partial charge in [-0.15, -0.1) is 0 Å². The van der Waals surface area contributed by atoms with Crippen LogP contribution in [0.4, 0.5) is 0 Å². The Morgan fingerprint density at radius 3 is 2.64 bits per heavy atom. The van der Waals surface area contributed by atoms with Gasteiger partial charge in [0.15, 0.2) is 0 Å². The van der Waals surface area contributed by atoms with E-state index in [0.29, 0.717) is 0 Å². The van der Waals surface area contributed by atoms with Gasteiger partial charge in [0.2, 0.25) is 5.91 Å². The van der Waals surface area contributed by atoms with Crippen molar-refractivity contribution in [2.24, 2.45) is 5.92 Å². The lowest BCUT2D eigenvalue weighted by Crippen LogP contribution is -2.42. The second-order valence-corrected chi connectivity index (χ2v) is 2.76. The van der Waals surface area contributed by atoms with Crippen LogP contribution in [0.3, 0.4) is 0 Å². The van der Waals surface area contributed by atoms with E-state index < -0.39 is 0 Å². The van der Waals surface area contributed by atoms with Crippen LogP contribution in [0, 0.1) is 5.92 Å². The molecule has 64 valence electrons. The van der Waals surface area contributed by atoms with Crippen molar-refractivity contribution in [3.05, 3.63) is 0 Å². The van der Waals surface area contributed by atoms with Gasteiger partial charge in [0.25, 0.3) is 0 Å². The van der Waals surface area contributed by atoms with Crippen LogP contribution < -0.4 is 16.2 Å². The first kappa shape index (κ1) is 8.49. The maximum atomic E-state index is 11.2. The van der Waals surface area contributed by atoms with Crippen LogP contribution in [-0.2, 0) is 4.79 Å². The monoisotopic (exact) mass is 157 g/mol. The fourth-order valence-electron chi connectivity index (χ4n) is 1.31. The molecule has 1 aliphatic rings. The summed E-state index contributed by atoms with van der Waals surface area (Å²) in [5, 5.41) is 3.21. The predicted molar refractivity (Wildman–Crippen MR) is 42.8 cm³/mol. The minimum atomic E-state index is 0.119. The molecule has 3 N–H and O–H groups in total. The number of carbonyl (C=O) groups excluding carboxylic acids is 1. The highest BCUT2D eigenvalue weighted by Crippen LogP contribution is 2.10. The van der Waals surface area contributed by atoms with Crippen molar-refractivity contribution in [2.45, 2.75) is 12.8 Å². The number of piperidine rings is 1. The van der Waals surface area contributed by atoms with Gasteiger partial charge < -0.3 is 5.32 Å². The molecular formula is C7H15N3O. The lowest BCUT2D eigenvalue weighted by molar-refractivity contribution is -0.126. The summed E-state index contributed by atoms with van der Waals surface area (Å²) < 4.78 is 0. The smallest absolute Gasteiger partial charge is 0.237 e. The molecule has 0 aliphatic carbocycles. The van der Waals surface area contributed by atoms with Crippen molar-refractivity contribution in [2.75, 3.05) is 20.1 Å². The molecule has 1 aliphatic heterocycles.